The van der Waals surface area contributed by atoms with Crippen LogP contribution in [-0.2, 0) is 17.9 Å². The van der Waals surface area contributed by atoms with Crippen LogP contribution in [-0.4, -0.2) is 20.8 Å². The minimum absolute atomic E-state index is 0.0254. The summed E-state index contributed by atoms with van der Waals surface area (Å²) >= 11 is 0. The fourth-order valence-electron chi connectivity index (χ4n) is 2.27. The normalized spacial score (nSPS) is 10.7. The molecule has 3 rings (SSSR count). The maximum Gasteiger partial charge on any atom is 0.165 e. The molecule has 1 aromatic heterocycles. The zero-order valence-corrected chi connectivity index (χ0v) is 13.4. The fraction of sp³-hybridized carbons (Fsp3) is 0.167. The Morgan fingerprint density at radius 1 is 1.16 bits per heavy atom. The Morgan fingerprint density at radius 2 is 1.92 bits per heavy atom. The number of hydrogen-bond donors (Lipinski definition) is 0. The fourth-order valence-corrected chi connectivity index (χ4v) is 2.27. The summed E-state index contributed by atoms with van der Waals surface area (Å²) in [4.78, 5) is 12.2. The van der Waals surface area contributed by atoms with Crippen LogP contribution >= 0.6 is 0 Å². The lowest BCUT2D eigenvalue weighted by atomic mass is 10.1. The molecule has 0 aliphatic carbocycles. The van der Waals surface area contributed by atoms with Gasteiger partial charge in [-0.05, 0) is 18.6 Å². The van der Waals surface area contributed by atoms with E-state index in [-0.39, 0.29) is 35.9 Å². The first-order chi connectivity index (χ1) is 12.0. The summed E-state index contributed by atoms with van der Waals surface area (Å²) in [5.41, 5.74) is 0.949. The van der Waals surface area contributed by atoms with Gasteiger partial charge in [0.2, 0.25) is 0 Å². The molecule has 0 aliphatic heterocycles. The van der Waals surface area contributed by atoms with Crippen molar-refractivity contribution in [3.8, 4) is 17.0 Å². The Balaban J connectivity index is 1.80. The van der Waals surface area contributed by atoms with Crippen LogP contribution in [0.2, 0.25) is 0 Å². The highest BCUT2D eigenvalue weighted by atomic mass is 19.1. The van der Waals surface area contributed by atoms with Gasteiger partial charge in [-0.2, -0.15) is 15.0 Å². The third kappa shape index (κ3) is 4.06. The molecule has 0 unspecified atom stereocenters. The number of nitrogens with zero attached hydrogens (tertiary/aromatic N) is 3. The van der Waals surface area contributed by atoms with Crippen molar-refractivity contribution in [2.45, 2.75) is 20.1 Å². The summed E-state index contributed by atoms with van der Waals surface area (Å²) in [6.07, 6.45) is 1.28. The SMILES string of the molecule is CC(=O)Cn1ncc(-c2cc(F)c(OCc3ccccc3)cc2F)n1. The number of Topliss-reactive ketones (excluding diaryl/α,β-unsaturated/α-hetero) is 1. The van der Waals surface area contributed by atoms with E-state index in [1.54, 1.807) is 0 Å². The van der Waals surface area contributed by atoms with Crippen LogP contribution in [0.5, 0.6) is 5.75 Å². The van der Waals surface area contributed by atoms with Crippen molar-refractivity contribution in [1.29, 1.82) is 0 Å². The molecule has 0 aliphatic rings. The van der Waals surface area contributed by atoms with Gasteiger partial charge in [-0.15, -0.1) is 0 Å². The van der Waals surface area contributed by atoms with E-state index in [0.717, 1.165) is 22.5 Å². The van der Waals surface area contributed by atoms with E-state index in [9.17, 15) is 13.6 Å². The van der Waals surface area contributed by atoms with Gasteiger partial charge in [-0.25, -0.2) is 8.78 Å². The van der Waals surface area contributed by atoms with Gasteiger partial charge in [0.25, 0.3) is 0 Å². The van der Waals surface area contributed by atoms with Gasteiger partial charge in [0.15, 0.2) is 17.3 Å². The second-order valence-electron chi connectivity index (χ2n) is 5.50. The lowest BCUT2D eigenvalue weighted by molar-refractivity contribution is -0.117. The molecule has 0 amide bonds. The van der Waals surface area contributed by atoms with Crippen molar-refractivity contribution < 1.29 is 18.3 Å². The molecular weight excluding hydrogens is 328 g/mol. The highest BCUT2D eigenvalue weighted by molar-refractivity contribution is 5.75. The van der Waals surface area contributed by atoms with E-state index in [4.69, 9.17) is 4.74 Å². The van der Waals surface area contributed by atoms with E-state index in [2.05, 4.69) is 10.2 Å². The number of benzene rings is 2. The number of ketones is 1. The third-order valence-corrected chi connectivity index (χ3v) is 3.44. The van der Waals surface area contributed by atoms with Gasteiger partial charge >= 0.3 is 0 Å². The number of aromatic nitrogens is 3. The average Bonchev–Trinajstić information content (AvgIpc) is 3.03. The molecule has 0 N–H and O–H groups in total. The number of ether oxygens (including phenoxy) is 1. The molecule has 1 heterocycles. The lowest BCUT2D eigenvalue weighted by Gasteiger charge is -2.09. The van der Waals surface area contributed by atoms with Crippen LogP contribution in [0.4, 0.5) is 8.78 Å². The topological polar surface area (TPSA) is 57.0 Å². The number of carbonyl (C=O) groups excluding carboxylic acids is 1. The Bertz CT molecular complexity index is 895. The predicted octanol–water partition coefficient (Wildman–Crippen LogP) is 3.39. The van der Waals surface area contributed by atoms with Crippen LogP contribution in [0.25, 0.3) is 11.3 Å². The first kappa shape index (κ1) is 16.8. The number of halogens is 2. The lowest BCUT2D eigenvalue weighted by Crippen LogP contribution is -2.09. The second-order valence-corrected chi connectivity index (χ2v) is 5.50. The maximum atomic E-state index is 14.3. The van der Waals surface area contributed by atoms with Crippen molar-refractivity contribution in [3.05, 3.63) is 65.9 Å². The quantitative estimate of drug-likeness (QED) is 0.688. The summed E-state index contributed by atoms with van der Waals surface area (Å²) in [6, 6.07) is 11.2. The molecule has 128 valence electrons. The van der Waals surface area contributed by atoms with Crippen molar-refractivity contribution in [2.24, 2.45) is 0 Å². The highest BCUT2D eigenvalue weighted by Crippen LogP contribution is 2.28. The van der Waals surface area contributed by atoms with Crippen LogP contribution in [0.3, 0.4) is 0 Å². The number of carbonyl (C=O) groups is 1. The molecule has 3 aromatic rings. The van der Waals surface area contributed by atoms with Crippen molar-refractivity contribution in [3.63, 3.8) is 0 Å². The highest BCUT2D eigenvalue weighted by Gasteiger charge is 2.15. The molecule has 0 fully saturated rings. The Kier molecular flexibility index (Phi) is 4.83. The minimum atomic E-state index is -0.701. The predicted molar refractivity (Wildman–Crippen MR) is 86.8 cm³/mol. The standard InChI is InChI=1S/C18H15F2N3O2/c1-12(24)10-23-21-9-17(22-23)14-7-16(20)18(8-15(14)19)25-11-13-5-3-2-4-6-13/h2-9H,10-11H2,1H3. The van der Waals surface area contributed by atoms with Crippen molar-refractivity contribution in [1.82, 2.24) is 15.0 Å². The van der Waals surface area contributed by atoms with Gasteiger partial charge in [0, 0.05) is 11.6 Å². The zero-order chi connectivity index (χ0) is 17.8. The molecule has 0 spiro atoms. The Hall–Kier alpha value is -3.09. The zero-order valence-electron chi connectivity index (χ0n) is 13.4. The number of hydrogen-bond acceptors (Lipinski definition) is 4. The van der Waals surface area contributed by atoms with Crippen molar-refractivity contribution >= 4 is 5.78 Å². The van der Waals surface area contributed by atoms with E-state index in [1.807, 2.05) is 30.3 Å². The van der Waals surface area contributed by atoms with Gasteiger partial charge in [-0.1, -0.05) is 30.3 Å². The van der Waals surface area contributed by atoms with E-state index < -0.39 is 11.6 Å². The van der Waals surface area contributed by atoms with Crippen LogP contribution in [0, 0.1) is 11.6 Å². The summed E-state index contributed by atoms with van der Waals surface area (Å²) in [7, 11) is 0. The minimum Gasteiger partial charge on any atom is -0.486 e. The number of rotatable bonds is 6. The molecule has 7 heteroatoms. The summed E-state index contributed by atoms with van der Waals surface area (Å²) in [6.45, 7) is 1.50. The summed E-state index contributed by atoms with van der Waals surface area (Å²) in [5, 5.41) is 7.85. The average molecular weight is 343 g/mol. The Labute approximate surface area is 142 Å². The van der Waals surface area contributed by atoms with Crippen molar-refractivity contribution in [2.75, 3.05) is 0 Å². The second kappa shape index (κ2) is 7.21. The molecule has 0 bridgehead atoms. The van der Waals surface area contributed by atoms with Gasteiger partial charge in [0.05, 0.1) is 6.20 Å². The monoisotopic (exact) mass is 343 g/mol. The van der Waals surface area contributed by atoms with E-state index >= 15 is 0 Å². The van der Waals surface area contributed by atoms with Crippen LogP contribution < -0.4 is 4.74 Å². The maximum absolute atomic E-state index is 14.3. The molecule has 0 saturated carbocycles. The summed E-state index contributed by atoms with van der Waals surface area (Å²) in [5.74, 6) is -1.70. The largest absolute Gasteiger partial charge is 0.486 e. The molecule has 0 saturated heterocycles. The molecule has 2 aromatic carbocycles. The van der Waals surface area contributed by atoms with E-state index in [1.165, 1.54) is 13.1 Å². The van der Waals surface area contributed by atoms with Crippen LogP contribution in [0.15, 0.2) is 48.7 Å². The molecular formula is C18H15F2N3O2. The van der Waals surface area contributed by atoms with Crippen LogP contribution in [0.1, 0.15) is 12.5 Å². The van der Waals surface area contributed by atoms with Gasteiger partial charge in [-0.3, -0.25) is 4.79 Å². The first-order valence-electron chi connectivity index (χ1n) is 7.58. The Morgan fingerprint density at radius 3 is 2.64 bits per heavy atom. The third-order valence-electron chi connectivity index (χ3n) is 3.44. The van der Waals surface area contributed by atoms with E-state index in [0.29, 0.717) is 0 Å². The first-order valence-corrected chi connectivity index (χ1v) is 7.58. The smallest absolute Gasteiger partial charge is 0.165 e. The molecule has 5 nitrogen and oxygen atoms in total. The van der Waals surface area contributed by atoms with Gasteiger partial charge < -0.3 is 4.74 Å². The summed E-state index contributed by atoms with van der Waals surface area (Å²) < 4.78 is 33.9. The van der Waals surface area contributed by atoms with Gasteiger partial charge in [0.1, 0.15) is 24.7 Å². The molecule has 0 atom stereocenters. The molecule has 25 heavy (non-hydrogen) atoms. The molecule has 0 radical (unpaired) electrons.